The van der Waals surface area contributed by atoms with Crippen molar-refractivity contribution in [1.82, 2.24) is 10.3 Å². The Morgan fingerprint density at radius 3 is 2.90 bits per heavy atom. The third kappa shape index (κ3) is 2.01. The van der Waals surface area contributed by atoms with Crippen LogP contribution in [0.15, 0.2) is 30.3 Å². The van der Waals surface area contributed by atoms with E-state index in [9.17, 15) is 14.7 Å². The van der Waals surface area contributed by atoms with Crippen LogP contribution in [0.5, 0.6) is 0 Å². The molecule has 102 valence electrons. The molecule has 0 aliphatic carbocycles. The standard InChI is InChI=1S/C15H14N2O3/c1-8-6-10(9-4-2-3-5-12(9)16-8)11-7-13(18)17-14(11)15(19)20/h2-6,11,14H,7H2,1H3,(H,17,18)(H,19,20). The first-order valence-electron chi connectivity index (χ1n) is 6.44. The van der Waals surface area contributed by atoms with E-state index in [-0.39, 0.29) is 18.2 Å². The summed E-state index contributed by atoms with van der Waals surface area (Å²) < 4.78 is 0. The molecule has 3 rings (SSSR count). The summed E-state index contributed by atoms with van der Waals surface area (Å²) >= 11 is 0. The van der Waals surface area contributed by atoms with E-state index in [0.717, 1.165) is 22.2 Å². The van der Waals surface area contributed by atoms with Crippen molar-refractivity contribution in [3.63, 3.8) is 0 Å². The Balaban J connectivity index is 2.18. The number of aryl methyl sites for hydroxylation is 1. The van der Waals surface area contributed by atoms with Crippen LogP contribution in [0, 0.1) is 6.92 Å². The van der Waals surface area contributed by atoms with Crippen molar-refractivity contribution < 1.29 is 14.7 Å². The highest BCUT2D eigenvalue weighted by Gasteiger charge is 2.39. The first-order valence-corrected chi connectivity index (χ1v) is 6.44. The highest BCUT2D eigenvalue weighted by Crippen LogP contribution is 2.33. The number of rotatable bonds is 2. The van der Waals surface area contributed by atoms with Gasteiger partial charge >= 0.3 is 5.97 Å². The average Bonchev–Trinajstić information content (AvgIpc) is 2.80. The molecule has 5 heteroatoms. The summed E-state index contributed by atoms with van der Waals surface area (Å²) in [7, 11) is 0. The van der Waals surface area contributed by atoms with E-state index in [0.29, 0.717) is 0 Å². The molecule has 0 bridgehead atoms. The molecule has 1 fully saturated rings. The fourth-order valence-electron chi connectivity index (χ4n) is 2.82. The molecule has 2 atom stereocenters. The van der Waals surface area contributed by atoms with E-state index in [1.807, 2.05) is 37.3 Å². The number of carbonyl (C=O) groups is 2. The number of fused-ring (bicyclic) bond motifs is 1. The zero-order valence-electron chi connectivity index (χ0n) is 11.0. The molecule has 20 heavy (non-hydrogen) atoms. The second-order valence-corrected chi connectivity index (χ2v) is 5.06. The lowest BCUT2D eigenvalue weighted by atomic mass is 9.89. The van der Waals surface area contributed by atoms with Crippen molar-refractivity contribution in [2.45, 2.75) is 25.3 Å². The van der Waals surface area contributed by atoms with Crippen molar-refractivity contribution in [3.05, 3.63) is 41.6 Å². The number of carboxylic acid groups (broad SMARTS) is 1. The van der Waals surface area contributed by atoms with Gasteiger partial charge in [0.05, 0.1) is 5.52 Å². The zero-order chi connectivity index (χ0) is 14.3. The van der Waals surface area contributed by atoms with Gasteiger partial charge < -0.3 is 10.4 Å². The van der Waals surface area contributed by atoms with Crippen molar-refractivity contribution in [3.8, 4) is 0 Å². The Labute approximate surface area is 115 Å². The summed E-state index contributed by atoms with van der Waals surface area (Å²) in [6.45, 7) is 1.87. The lowest BCUT2D eigenvalue weighted by Gasteiger charge is -2.17. The van der Waals surface area contributed by atoms with Gasteiger partial charge in [-0.3, -0.25) is 9.78 Å². The summed E-state index contributed by atoms with van der Waals surface area (Å²) in [6, 6.07) is 8.61. The number of carboxylic acids is 1. The second kappa shape index (κ2) is 4.59. The summed E-state index contributed by atoms with van der Waals surface area (Å²) in [5, 5.41) is 12.7. The minimum atomic E-state index is -1.00. The molecule has 1 amide bonds. The van der Waals surface area contributed by atoms with Crippen LogP contribution in [0.25, 0.3) is 10.9 Å². The molecule has 2 heterocycles. The van der Waals surface area contributed by atoms with Gasteiger partial charge in [0.25, 0.3) is 0 Å². The van der Waals surface area contributed by atoms with Crippen LogP contribution < -0.4 is 5.32 Å². The van der Waals surface area contributed by atoms with Gasteiger partial charge in [-0.05, 0) is 24.6 Å². The van der Waals surface area contributed by atoms with Gasteiger partial charge in [0.2, 0.25) is 5.91 Å². The third-order valence-corrected chi connectivity index (χ3v) is 3.67. The number of para-hydroxylation sites is 1. The molecular formula is C15H14N2O3. The number of hydrogen-bond donors (Lipinski definition) is 2. The van der Waals surface area contributed by atoms with Gasteiger partial charge in [0, 0.05) is 23.4 Å². The normalized spacial score (nSPS) is 21.9. The second-order valence-electron chi connectivity index (χ2n) is 5.06. The SMILES string of the molecule is Cc1cc(C2CC(=O)NC2C(=O)O)c2ccccc2n1. The number of nitrogens with one attached hydrogen (secondary N) is 1. The topological polar surface area (TPSA) is 79.3 Å². The monoisotopic (exact) mass is 270 g/mol. The molecule has 0 saturated carbocycles. The lowest BCUT2D eigenvalue weighted by Crippen LogP contribution is -2.36. The number of aromatic nitrogens is 1. The Bertz CT molecular complexity index is 711. The maximum atomic E-state index is 11.6. The highest BCUT2D eigenvalue weighted by molar-refractivity contribution is 5.92. The molecule has 1 saturated heterocycles. The number of carbonyl (C=O) groups excluding carboxylic acids is 1. The quantitative estimate of drug-likeness (QED) is 0.868. The number of hydrogen-bond acceptors (Lipinski definition) is 3. The summed E-state index contributed by atoms with van der Waals surface area (Å²) in [5.74, 6) is -1.58. The predicted octanol–water partition coefficient (Wildman–Crippen LogP) is 1.60. The van der Waals surface area contributed by atoms with Crippen molar-refractivity contribution in [2.24, 2.45) is 0 Å². The van der Waals surface area contributed by atoms with Crippen molar-refractivity contribution >= 4 is 22.8 Å². The molecule has 2 unspecified atom stereocenters. The Morgan fingerprint density at radius 2 is 2.15 bits per heavy atom. The molecule has 1 aliphatic rings. The molecule has 0 radical (unpaired) electrons. The first kappa shape index (κ1) is 12.6. The predicted molar refractivity (Wildman–Crippen MR) is 73.4 cm³/mol. The van der Waals surface area contributed by atoms with Crippen LogP contribution in [0.4, 0.5) is 0 Å². The number of pyridine rings is 1. The van der Waals surface area contributed by atoms with Crippen LogP contribution in [0.2, 0.25) is 0 Å². The van der Waals surface area contributed by atoms with Gasteiger partial charge in [-0.15, -0.1) is 0 Å². The van der Waals surface area contributed by atoms with Crippen LogP contribution >= 0.6 is 0 Å². The summed E-state index contributed by atoms with van der Waals surface area (Å²) in [4.78, 5) is 27.3. The van der Waals surface area contributed by atoms with Crippen LogP contribution in [0.1, 0.15) is 23.6 Å². The number of nitrogens with zero attached hydrogens (tertiary/aromatic N) is 1. The molecule has 0 spiro atoms. The molecule has 2 N–H and O–H groups in total. The minimum absolute atomic E-state index is 0.199. The molecule has 1 aromatic carbocycles. The van der Waals surface area contributed by atoms with Crippen molar-refractivity contribution in [1.29, 1.82) is 0 Å². The molecule has 2 aromatic rings. The Morgan fingerprint density at radius 1 is 1.40 bits per heavy atom. The van der Waals surface area contributed by atoms with E-state index in [2.05, 4.69) is 10.3 Å². The van der Waals surface area contributed by atoms with Gasteiger partial charge in [-0.1, -0.05) is 18.2 Å². The Kier molecular flexibility index (Phi) is 2.89. The van der Waals surface area contributed by atoms with E-state index in [1.165, 1.54) is 0 Å². The largest absolute Gasteiger partial charge is 0.480 e. The Hall–Kier alpha value is -2.43. The fraction of sp³-hybridized carbons (Fsp3) is 0.267. The van der Waals surface area contributed by atoms with Gasteiger partial charge in [0.1, 0.15) is 6.04 Å². The molecule has 1 aromatic heterocycles. The maximum absolute atomic E-state index is 11.6. The summed E-state index contributed by atoms with van der Waals surface area (Å²) in [6.07, 6.45) is 0.199. The average molecular weight is 270 g/mol. The van der Waals surface area contributed by atoms with Crippen LogP contribution in [-0.2, 0) is 9.59 Å². The van der Waals surface area contributed by atoms with E-state index < -0.39 is 12.0 Å². The van der Waals surface area contributed by atoms with Crippen LogP contribution in [-0.4, -0.2) is 28.0 Å². The first-order chi connectivity index (χ1) is 9.56. The summed E-state index contributed by atoms with van der Waals surface area (Å²) in [5.41, 5.74) is 2.52. The van der Waals surface area contributed by atoms with Gasteiger partial charge in [-0.25, -0.2) is 4.79 Å². The van der Waals surface area contributed by atoms with Gasteiger partial charge in [0.15, 0.2) is 0 Å². The molecule has 1 aliphatic heterocycles. The molecule has 5 nitrogen and oxygen atoms in total. The smallest absolute Gasteiger partial charge is 0.326 e. The van der Waals surface area contributed by atoms with E-state index >= 15 is 0 Å². The minimum Gasteiger partial charge on any atom is -0.480 e. The lowest BCUT2D eigenvalue weighted by molar-refractivity contribution is -0.140. The maximum Gasteiger partial charge on any atom is 0.326 e. The number of aliphatic carboxylic acids is 1. The highest BCUT2D eigenvalue weighted by atomic mass is 16.4. The van der Waals surface area contributed by atoms with E-state index in [4.69, 9.17) is 0 Å². The third-order valence-electron chi connectivity index (χ3n) is 3.67. The number of benzene rings is 1. The van der Waals surface area contributed by atoms with Crippen molar-refractivity contribution in [2.75, 3.05) is 0 Å². The molecular weight excluding hydrogens is 256 g/mol. The van der Waals surface area contributed by atoms with Gasteiger partial charge in [-0.2, -0.15) is 0 Å². The number of amides is 1. The van der Waals surface area contributed by atoms with E-state index in [1.54, 1.807) is 0 Å². The van der Waals surface area contributed by atoms with Crippen LogP contribution in [0.3, 0.4) is 0 Å². The zero-order valence-corrected chi connectivity index (χ0v) is 11.0. The fourth-order valence-corrected chi connectivity index (χ4v) is 2.82.